The first-order valence-electron chi connectivity index (χ1n) is 12.9. The highest BCUT2D eigenvalue weighted by molar-refractivity contribution is 7.13. The highest BCUT2D eigenvalue weighted by atomic mass is 32.1. The Kier molecular flexibility index (Phi) is 8.29. The fraction of sp³-hybridized carbons (Fsp3) is 0.156. The lowest BCUT2D eigenvalue weighted by molar-refractivity contribution is -0.121. The monoisotopic (exact) mass is 535 g/mol. The Morgan fingerprint density at radius 1 is 0.872 bits per heavy atom. The van der Waals surface area contributed by atoms with Gasteiger partial charge in [0.1, 0.15) is 22.2 Å². The molecule has 5 aromatic rings. The van der Waals surface area contributed by atoms with Crippen molar-refractivity contribution in [2.24, 2.45) is 0 Å². The summed E-state index contributed by atoms with van der Waals surface area (Å²) in [6.07, 6.45) is 2.59. The Morgan fingerprint density at radius 2 is 1.67 bits per heavy atom. The zero-order valence-corrected chi connectivity index (χ0v) is 22.5. The van der Waals surface area contributed by atoms with Gasteiger partial charge in [-0.1, -0.05) is 72.8 Å². The van der Waals surface area contributed by atoms with Crippen LogP contribution in [0.3, 0.4) is 0 Å². The molecule has 6 nitrogen and oxygen atoms in total. The zero-order chi connectivity index (χ0) is 27.0. The van der Waals surface area contributed by atoms with Crippen molar-refractivity contribution in [1.82, 2.24) is 15.8 Å². The molecule has 5 rings (SSSR count). The minimum atomic E-state index is -0.437. The van der Waals surface area contributed by atoms with Crippen LogP contribution in [0, 0.1) is 6.92 Å². The van der Waals surface area contributed by atoms with E-state index in [-0.39, 0.29) is 11.6 Å². The summed E-state index contributed by atoms with van der Waals surface area (Å²) in [4.78, 5) is 29.4. The number of thiazole rings is 1. The van der Waals surface area contributed by atoms with Crippen molar-refractivity contribution in [3.05, 3.63) is 113 Å². The van der Waals surface area contributed by atoms with E-state index in [1.54, 1.807) is 5.38 Å². The van der Waals surface area contributed by atoms with Gasteiger partial charge in [-0.15, -0.1) is 11.3 Å². The van der Waals surface area contributed by atoms with Crippen molar-refractivity contribution in [1.29, 1.82) is 0 Å². The molecule has 0 saturated carbocycles. The number of unbranched alkanes of at least 4 members (excludes halogenated alkanes) is 1. The summed E-state index contributed by atoms with van der Waals surface area (Å²) in [7, 11) is 0. The van der Waals surface area contributed by atoms with E-state index in [1.807, 2.05) is 85.8 Å². The topological polar surface area (TPSA) is 80.3 Å². The minimum absolute atomic E-state index is 0.238. The number of aromatic nitrogens is 1. The molecule has 0 bridgehead atoms. The number of hydrogen-bond acceptors (Lipinski definition) is 5. The normalized spacial score (nSPS) is 10.8. The summed E-state index contributed by atoms with van der Waals surface area (Å²) in [5.41, 5.74) is 8.48. The Labute approximate surface area is 231 Å². The minimum Gasteiger partial charge on any atom is -0.457 e. The lowest BCUT2D eigenvalue weighted by Crippen LogP contribution is -2.41. The number of hydrogen-bond donors (Lipinski definition) is 2. The molecule has 0 saturated heterocycles. The van der Waals surface area contributed by atoms with Crippen molar-refractivity contribution in [2.45, 2.75) is 32.6 Å². The van der Waals surface area contributed by atoms with Crippen LogP contribution in [0.4, 0.5) is 0 Å². The Bertz CT molecular complexity index is 1590. The van der Waals surface area contributed by atoms with Crippen LogP contribution in [0.25, 0.3) is 21.3 Å². The number of benzene rings is 4. The standard InChI is InChI=1S/C32H29N3O3S/c1-22-18-19-24(29(20-22)38-25-13-3-2-4-14-25)11-6-8-17-30(36)34-35-31(37)28-21-39-32(33-28)27-16-9-12-23-10-5-7-15-26(23)27/h2-5,7,9-10,12-16,18-21H,6,8,11,17H2,1H3,(H,34,36)(H,35,37). The zero-order valence-electron chi connectivity index (χ0n) is 21.6. The van der Waals surface area contributed by atoms with Crippen LogP contribution >= 0.6 is 11.3 Å². The second-order valence-electron chi connectivity index (χ2n) is 9.30. The van der Waals surface area contributed by atoms with Gasteiger partial charge in [-0.05, 0) is 66.3 Å². The van der Waals surface area contributed by atoms with Gasteiger partial charge in [0.05, 0.1) is 0 Å². The van der Waals surface area contributed by atoms with Gasteiger partial charge in [0.15, 0.2) is 0 Å². The summed E-state index contributed by atoms with van der Waals surface area (Å²) >= 11 is 1.40. The Balaban J connectivity index is 1.09. The van der Waals surface area contributed by atoms with Gasteiger partial charge in [-0.2, -0.15) is 0 Å². The number of nitrogens with zero attached hydrogens (tertiary/aromatic N) is 1. The predicted octanol–water partition coefficient (Wildman–Crippen LogP) is 7.24. The SMILES string of the molecule is Cc1ccc(CCCCC(=O)NNC(=O)c2csc(-c3cccc4ccccc34)n2)c(Oc2ccccc2)c1. The number of carbonyl (C=O) groups is 2. The average Bonchev–Trinajstić information content (AvgIpc) is 3.45. The average molecular weight is 536 g/mol. The van der Waals surface area contributed by atoms with Gasteiger partial charge in [0.25, 0.3) is 5.91 Å². The molecule has 2 N–H and O–H groups in total. The summed E-state index contributed by atoms with van der Waals surface area (Å²) in [5.74, 6) is 0.957. The quantitative estimate of drug-likeness (QED) is 0.154. The first-order valence-corrected chi connectivity index (χ1v) is 13.8. The number of nitrogens with one attached hydrogen (secondary N) is 2. The molecule has 7 heteroatoms. The summed E-state index contributed by atoms with van der Waals surface area (Å²) in [6.45, 7) is 2.04. The van der Waals surface area contributed by atoms with E-state index in [0.717, 1.165) is 56.8 Å². The van der Waals surface area contributed by atoms with E-state index in [0.29, 0.717) is 12.8 Å². The molecule has 0 atom stereocenters. The molecule has 0 radical (unpaired) electrons. The molecule has 0 fully saturated rings. The van der Waals surface area contributed by atoms with Crippen LogP contribution < -0.4 is 15.6 Å². The van der Waals surface area contributed by atoms with Gasteiger partial charge in [-0.25, -0.2) is 4.98 Å². The molecular weight excluding hydrogens is 506 g/mol. The molecule has 2 amide bonds. The molecule has 0 unspecified atom stereocenters. The maximum Gasteiger partial charge on any atom is 0.289 e. The lowest BCUT2D eigenvalue weighted by Gasteiger charge is -2.12. The third-order valence-corrected chi connectivity index (χ3v) is 7.24. The molecular formula is C32H29N3O3S. The second kappa shape index (κ2) is 12.4. The van der Waals surface area contributed by atoms with Crippen molar-refractivity contribution < 1.29 is 14.3 Å². The maximum atomic E-state index is 12.6. The van der Waals surface area contributed by atoms with E-state index in [1.165, 1.54) is 11.3 Å². The van der Waals surface area contributed by atoms with Crippen LogP contribution in [0.2, 0.25) is 0 Å². The molecule has 1 aromatic heterocycles. The molecule has 0 spiro atoms. The number of para-hydroxylation sites is 1. The highest BCUT2D eigenvalue weighted by Gasteiger charge is 2.14. The first kappa shape index (κ1) is 26.1. The fourth-order valence-corrected chi connectivity index (χ4v) is 5.19. The van der Waals surface area contributed by atoms with Gasteiger partial charge >= 0.3 is 0 Å². The van der Waals surface area contributed by atoms with E-state index >= 15 is 0 Å². The number of amides is 2. The van der Waals surface area contributed by atoms with Crippen LogP contribution in [-0.4, -0.2) is 16.8 Å². The van der Waals surface area contributed by atoms with Crippen molar-refractivity contribution >= 4 is 33.9 Å². The Morgan fingerprint density at radius 3 is 2.54 bits per heavy atom. The lowest BCUT2D eigenvalue weighted by atomic mass is 10.0. The molecule has 1 heterocycles. The van der Waals surface area contributed by atoms with Crippen molar-refractivity contribution in [3.63, 3.8) is 0 Å². The van der Waals surface area contributed by atoms with E-state index in [2.05, 4.69) is 28.0 Å². The van der Waals surface area contributed by atoms with Gasteiger partial charge < -0.3 is 4.74 Å². The summed E-state index contributed by atoms with van der Waals surface area (Å²) < 4.78 is 6.09. The van der Waals surface area contributed by atoms with Gasteiger partial charge in [0.2, 0.25) is 5.91 Å². The van der Waals surface area contributed by atoms with Crippen molar-refractivity contribution in [2.75, 3.05) is 0 Å². The summed E-state index contributed by atoms with van der Waals surface area (Å²) in [6, 6.07) is 30.0. The molecule has 0 aliphatic heterocycles. The number of aryl methyl sites for hydroxylation is 2. The largest absolute Gasteiger partial charge is 0.457 e. The fourth-order valence-electron chi connectivity index (χ4n) is 4.35. The number of ether oxygens (including phenoxy) is 1. The number of hydrazine groups is 1. The van der Waals surface area contributed by atoms with Crippen LogP contribution in [0.1, 0.15) is 40.9 Å². The predicted molar refractivity (Wildman–Crippen MR) is 156 cm³/mol. The number of fused-ring (bicyclic) bond motifs is 1. The summed E-state index contributed by atoms with van der Waals surface area (Å²) in [5, 5.41) is 4.66. The molecule has 4 aromatic carbocycles. The molecule has 39 heavy (non-hydrogen) atoms. The number of rotatable bonds is 9. The third-order valence-electron chi connectivity index (χ3n) is 6.37. The molecule has 0 aliphatic rings. The van der Waals surface area contributed by atoms with Gasteiger partial charge in [0, 0.05) is 17.4 Å². The maximum absolute atomic E-state index is 12.6. The van der Waals surface area contributed by atoms with Gasteiger partial charge in [-0.3, -0.25) is 20.4 Å². The van der Waals surface area contributed by atoms with Crippen LogP contribution in [-0.2, 0) is 11.2 Å². The van der Waals surface area contributed by atoms with Crippen LogP contribution in [0.15, 0.2) is 96.4 Å². The number of carbonyl (C=O) groups excluding carboxylic acids is 2. The van der Waals surface area contributed by atoms with Crippen molar-refractivity contribution in [3.8, 4) is 22.1 Å². The van der Waals surface area contributed by atoms with Crippen LogP contribution in [0.5, 0.6) is 11.5 Å². The first-order chi connectivity index (χ1) is 19.1. The van der Waals surface area contributed by atoms with E-state index in [9.17, 15) is 9.59 Å². The second-order valence-corrected chi connectivity index (χ2v) is 10.2. The molecule has 0 aliphatic carbocycles. The smallest absolute Gasteiger partial charge is 0.289 e. The molecule has 196 valence electrons. The highest BCUT2D eigenvalue weighted by Crippen LogP contribution is 2.31. The Hall–Kier alpha value is -4.49. The third kappa shape index (κ3) is 6.69. The van der Waals surface area contributed by atoms with E-state index < -0.39 is 5.91 Å². The van der Waals surface area contributed by atoms with E-state index in [4.69, 9.17) is 4.74 Å².